The monoisotopic (exact) mass is 556 g/mol. The minimum absolute atomic E-state index is 0.00504. The van der Waals surface area contributed by atoms with Gasteiger partial charge >= 0.3 is 11.9 Å². The third-order valence-corrected chi connectivity index (χ3v) is 13.1. The second kappa shape index (κ2) is 13.2. The van der Waals surface area contributed by atoms with Crippen molar-refractivity contribution in [1.82, 2.24) is 0 Å². The largest absolute Gasteiger partial charge is 0.467 e. The summed E-state index contributed by atoms with van der Waals surface area (Å²) in [5.74, 6) is -0.537. The molecule has 3 rings (SSSR count). The van der Waals surface area contributed by atoms with Gasteiger partial charge in [0.1, 0.15) is 6.61 Å². The van der Waals surface area contributed by atoms with Gasteiger partial charge in [-0.25, -0.2) is 4.79 Å². The minimum Gasteiger partial charge on any atom is -0.467 e. The zero-order valence-corrected chi connectivity index (χ0v) is 25.5. The molecule has 0 bridgehead atoms. The van der Waals surface area contributed by atoms with Crippen LogP contribution in [-0.2, 0) is 33.0 Å². The molecule has 0 aliphatic carbocycles. The van der Waals surface area contributed by atoms with Crippen LogP contribution < -0.4 is 10.4 Å². The standard InChI is InChI=1S/C31H44O7Si/c1-21-22(2)27(19-35-24(4)32)37-30(23(21)3)38-28(29(33)34-8)20-36-39(31(5,6)7,25-15-11-9-12-16-25)26-17-13-10-14-18-26/h9-18,21-23,27-28,30H,19-20H2,1-8H3/t21-,22+,23?,27?,28-,30?/m0/s1. The molecule has 0 aromatic heterocycles. The highest BCUT2D eigenvalue weighted by Gasteiger charge is 2.51. The van der Waals surface area contributed by atoms with Crippen LogP contribution in [0.1, 0.15) is 48.5 Å². The van der Waals surface area contributed by atoms with E-state index in [1.165, 1.54) is 14.0 Å². The molecule has 0 amide bonds. The molecule has 2 aromatic carbocycles. The van der Waals surface area contributed by atoms with Crippen molar-refractivity contribution in [3.05, 3.63) is 60.7 Å². The first kappa shape index (κ1) is 31.0. The first-order valence-corrected chi connectivity index (χ1v) is 15.6. The Hall–Kier alpha value is -2.52. The van der Waals surface area contributed by atoms with Crippen LogP contribution >= 0.6 is 0 Å². The summed E-state index contributed by atoms with van der Waals surface area (Å²) < 4.78 is 30.0. The molecule has 1 heterocycles. The fraction of sp³-hybridized carbons (Fsp3) is 0.548. The van der Waals surface area contributed by atoms with Crippen LogP contribution in [0, 0.1) is 17.8 Å². The predicted octanol–water partition coefficient (Wildman–Crippen LogP) is 4.32. The van der Waals surface area contributed by atoms with Gasteiger partial charge in [0.25, 0.3) is 8.32 Å². The number of rotatable bonds is 10. The number of carbonyl (C=O) groups excluding carboxylic acids is 2. The third-order valence-electron chi connectivity index (χ3n) is 8.06. The summed E-state index contributed by atoms with van der Waals surface area (Å²) in [6.45, 7) is 14.3. The van der Waals surface area contributed by atoms with Gasteiger partial charge in [-0.1, -0.05) is 102 Å². The maximum absolute atomic E-state index is 13.0. The number of carbonyl (C=O) groups is 2. The average molecular weight is 557 g/mol. The van der Waals surface area contributed by atoms with E-state index in [4.69, 9.17) is 23.4 Å². The van der Waals surface area contributed by atoms with E-state index in [0.717, 1.165) is 10.4 Å². The molecule has 7 nitrogen and oxygen atoms in total. The molecule has 1 aliphatic heterocycles. The predicted molar refractivity (Wildman–Crippen MR) is 153 cm³/mol. The Labute approximate surface area is 234 Å². The van der Waals surface area contributed by atoms with Crippen molar-refractivity contribution >= 4 is 30.6 Å². The maximum Gasteiger partial charge on any atom is 0.337 e. The van der Waals surface area contributed by atoms with Gasteiger partial charge in [-0.3, -0.25) is 4.79 Å². The molecule has 39 heavy (non-hydrogen) atoms. The van der Waals surface area contributed by atoms with Crippen LogP contribution in [0.25, 0.3) is 0 Å². The van der Waals surface area contributed by atoms with Crippen LogP contribution in [-0.4, -0.2) is 59.1 Å². The summed E-state index contributed by atoms with van der Waals surface area (Å²) in [6.07, 6.45) is -2.04. The van der Waals surface area contributed by atoms with Gasteiger partial charge in [-0.05, 0) is 27.2 Å². The number of methoxy groups -OCH3 is 1. The molecule has 8 heteroatoms. The van der Waals surface area contributed by atoms with Gasteiger partial charge in [-0.15, -0.1) is 0 Å². The lowest BCUT2D eigenvalue weighted by Crippen LogP contribution is -2.67. The Morgan fingerprint density at radius 3 is 1.90 bits per heavy atom. The first-order valence-electron chi connectivity index (χ1n) is 13.7. The topological polar surface area (TPSA) is 80.3 Å². The average Bonchev–Trinajstić information content (AvgIpc) is 2.92. The smallest absolute Gasteiger partial charge is 0.337 e. The Morgan fingerprint density at radius 1 is 0.897 bits per heavy atom. The van der Waals surface area contributed by atoms with Gasteiger partial charge in [0.15, 0.2) is 12.4 Å². The number of hydrogen-bond donors (Lipinski definition) is 0. The van der Waals surface area contributed by atoms with Crippen LogP contribution in [0.15, 0.2) is 60.7 Å². The van der Waals surface area contributed by atoms with Crippen LogP contribution in [0.2, 0.25) is 5.04 Å². The molecule has 6 atom stereocenters. The lowest BCUT2D eigenvalue weighted by atomic mass is 9.79. The van der Waals surface area contributed by atoms with Gasteiger partial charge in [0, 0.05) is 12.8 Å². The second-order valence-corrected chi connectivity index (χ2v) is 15.9. The zero-order valence-electron chi connectivity index (χ0n) is 24.5. The Kier molecular flexibility index (Phi) is 10.5. The fourth-order valence-corrected chi connectivity index (χ4v) is 10.0. The highest BCUT2D eigenvalue weighted by molar-refractivity contribution is 6.99. The highest BCUT2D eigenvalue weighted by Crippen LogP contribution is 2.38. The molecule has 214 valence electrons. The van der Waals surface area contributed by atoms with E-state index in [1.807, 2.05) is 43.3 Å². The third kappa shape index (κ3) is 6.98. The van der Waals surface area contributed by atoms with Gasteiger partial charge in [-0.2, -0.15) is 0 Å². The van der Waals surface area contributed by atoms with Crippen LogP contribution in [0.3, 0.4) is 0 Å². The van der Waals surface area contributed by atoms with E-state index in [1.54, 1.807) is 0 Å². The lowest BCUT2D eigenvalue weighted by Gasteiger charge is -2.45. The summed E-state index contributed by atoms with van der Waals surface area (Å²) in [7, 11) is -1.55. The van der Waals surface area contributed by atoms with E-state index in [0.29, 0.717) is 0 Å². The molecule has 0 saturated carbocycles. The molecular weight excluding hydrogens is 512 g/mol. The fourth-order valence-electron chi connectivity index (χ4n) is 5.45. The van der Waals surface area contributed by atoms with Crippen molar-refractivity contribution in [2.45, 2.75) is 72.0 Å². The SMILES string of the molecule is COC(=O)[C@H](CO[Si](c1ccccc1)(c1ccccc1)C(C)(C)C)OC1OC(COC(C)=O)[C@H](C)[C@H](C)C1C. The van der Waals surface area contributed by atoms with Crippen molar-refractivity contribution in [3.63, 3.8) is 0 Å². The van der Waals surface area contributed by atoms with E-state index in [2.05, 4.69) is 58.9 Å². The first-order chi connectivity index (χ1) is 18.4. The zero-order chi connectivity index (χ0) is 28.8. The molecule has 0 N–H and O–H groups in total. The molecule has 1 fully saturated rings. The molecule has 2 aromatic rings. The molecule has 1 aliphatic rings. The lowest BCUT2D eigenvalue weighted by molar-refractivity contribution is -0.272. The Morgan fingerprint density at radius 2 is 1.44 bits per heavy atom. The molecule has 3 unspecified atom stereocenters. The summed E-state index contributed by atoms with van der Waals surface area (Å²) in [5.41, 5.74) is 0. The van der Waals surface area contributed by atoms with Crippen molar-refractivity contribution in [3.8, 4) is 0 Å². The number of hydrogen-bond acceptors (Lipinski definition) is 7. The summed E-state index contributed by atoms with van der Waals surface area (Å²) in [5, 5.41) is 1.96. The summed E-state index contributed by atoms with van der Waals surface area (Å²) >= 11 is 0. The Bertz CT molecular complexity index is 1030. The van der Waals surface area contributed by atoms with E-state index < -0.39 is 26.7 Å². The van der Waals surface area contributed by atoms with Gasteiger partial charge < -0.3 is 23.4 Å². The number of esters is 2. The number of ether oxygens (including phenoxy) is 4. The van der Waals surface area contributed by atoms with Crippen molar-refractivity contribution < 1.29 is 33.0 Å². The Balaban J connectivity index is 1.93. The highest BCUT2D eigenvalue weighted by atomic mass is 28.4. The van der Waals surface area contributed by atoms with Gasteiger partial charge in [0.2, 0.25) is 0 Å². The minimum atomic E-state index is -2.90. The van der Waals surface area contributed by atoms with E-state index >= 15 is 0 Å². The van der Waals surface area contributed by atoms with Crippen molar-refractivity contribution in [2.24, 2.45) is 17.8 Å². The second-order valence-electron chi connectivity index (χ2n) is 11.5. The van der Waals surface area contributed by atoms with Crippen LogP contribution in [0.4, 0.5) is 0 Å². The summed E-state index contributed by atoms with van der Waals surface area (Å²) in [4.78, 5) is 24.5. The van der Waals surface area contributed by atoms with Gasteiger partial charge in [0.05, 0.1) is 19.8 Å². The normalized spacial score (nSPS) is 24.6. The van der Waals surface area contributed by atoms with E-state index in [-0.39, 0.29) is 48.1 Å². The molecule has 0 radical (unpaired) electrons. The van der Waals surface area contributed by atoms with E-state index in [9.17, 15) is 9.59 Å². The van der Waals surface area contributed by atoms with Crippen molar-refractivity contribution in [1.29, 1.82) is 0 Å². The molecular formula is C31H44O7Si. The quantitative estimate of drug-likeness (QED) is 0.319. The van der Waals surface area contributed by atoms with Crippen molar-refractivity contribution in [2.75, 3.05) is 20.3 Å². The molecule has 1 saturated heterocycles. The number of benzene rings is 2. The molecule has 0 spiro atoms. The van der Waals surface area contributed by atoms with Crippen LogP contribution in [0.5, 0.6) is 0 Å². The maximum atomic E-state index is 13.0. The summed E-state index contributed by atoms with van der Waals surface area (Å²) in [6, 6.07) is 20.5.